The summed E-state index contributed by atoms with van der Waals surface area (Å²) >= 11 is 0. The van der Waals surface area contributed by atoms with Gasteiger partial charge in [0, 0.05) is 5.56 Å². The fourth-order valence-electron chi connectivity index (χ4n) is 1.43. The van der Waals surface area contributed by atoms with Crippen LogP contribution in [-0.4, -0.2) is 6.29 Å². The molecule has 1 aromatic rings. The molecule has 0 aliphatic heterocycles. The first-order valence-corrected chi connectivity index (χ1v) is 6.83. The zero-order chi connectivity index (χ0) is 14.0. The highest BCUT2D eigenvalue weighted by atomic mass is 16.1. The highest BCUT2D eigenvalue weighted by Gasteiger charge is 2.01. The zero-order valence-corrected chi connectivity index (χ0v) is 12.4. The molecule has 0 aromatic heterocycles. The summed E-state index contributed by atoms with van der Waals surface area (Å²) in [5.41, 5.74) is 2.97. The molecule has 1 heteroatoms. The van der Waals surface area contributed by atoms with Crippen LogP contribution in [0.1, 0.15) is 62.0 Å². The fraction of sp³-hybridized carbons (Fsp3) is 0.471. The van der Waals surface area contributed by atoms with Crippen LogP contribution >= 0.6 is 0 Å². The minimum absolute atomic E-state index is 0.559. The Morgan fingerprint density at radius 2 is 1.83 bits per heavy atom. The molecule has 100 valence electrons. The molecule has 0 saturated carbocycles. The van der Waals surface area contributed by atoms with E-state index in [0.717, 1.165) is 29.4 Å². The number of hydrogen-bond donors (Lipinski definition) is 0. The van der Waals surface area contributed by atoms with Gasteiger partial charge in [0.05, 0.1) is 0 Å². The fourth-order valence-corrected chi connectivity index (χ4v) is 1.43. The molecule has 1 atom stereocenters. The van der Waals surface area contributed by atoms with E-state index < -0.39 is 0 Å². The lowest BCUT2D eigenvalue weighted by Gasteiger charge is -2.05. The monoisotopic (exact) mass is 246 g/mol. The van der Waals surface area contributed by atoms with Gasteiger partial charge in [-0.25, -0.2) is 0 Å². The van der Waals surface area contributed by atoms with Gasteiger partial charge in [-0.1, -0.05) is 70.9 Å². The average Bonchev–Trinajstić information content (AvgIpc) is 2.37. The third-order valence-corrected chi connectivity index (χ3v) is 2.72. The van der Waals surface area contributed by atoms with Crippen molar-refractivity contribution in [3.05, 3.63) is 41.0 Å². The summed E-state index contributed by atoms with van der Waals surface area (Å²) in [6.07, 6.45) is 7.52. The van der Waals surface area contributed by atoms with Crippen molar-refractivity contribution >= 4 is 12.4 Å². The molecule has 0 fully saturated rings. The largest absolute Gasteiger partial charge is 0.298 e. The Balaban J connectivity index is 0.000000873. The molecule has 1 nitrogen and oxygen atoms in total. The third kappa shape index (κ3) is 5.81. The van der Waals surface area contributed by atoms with Gasteiger partial charge in [0.15, 0.2) is 6.29 Å². The summed E-state index contributed by atoms with van der Waals surface area (Å²) in [5.74, 6) is 0.559. The molecule has 1 rings (SSSR count). The lowest BCUT2D eigenvalue weighted by Crippen LogP contribution is -1.91. The smallest absolute Gasteiger partial charge is 0.150 e. The number of carbonyl (C=O) groups is 1. The van der Waals surface area contributed by atoms with E-state index in [0.29, 0.717) is 5.92 Å². The Morgan fingerprint density at radius 3 is 2.33 bits per heavy atom. The number of aldehydes is 1. The topological polar surface area (TPSA) is 17.1 Å². The maximum absolute atomic E-state index is 10.9. The van der Waals surface area contributed by atoms with Crippen LogP contribution in [0.15, 0.2) is 24.3 Å². The van der Waals surface area contributed by atoms with Crippen molar-refractivity contribution in [2.45, 2.75) is 47.5 Å². The molecule has 0 saturated heterocycles. The van der Waals surface area contributed by atoms with Crippen LogP contribution in [0.5, 0.6) is 0 Å². The maximum atomic E-state index is 10.9. The van der Waals surface area contributed by atoms with Crippen LogP contribution < -0.4 is 0 Å². The van der Waals surface area contributed by atoms with Gasteiger partial charge in [-0.3, -0.25) is 4.79 Å². The highest BCUT2D eigenvalue weighted by Crippen LogP contribution is 2.16. The van der Waals surface area contributed by atoms with Crippen LogP contribution in [0.2, 0.25) is 0 Å². The van der Waals surface area contributed by atoms with Crippen molar-refractivity contribution in [2.75, 3.05) is 0 Å². The second-order valence-corrected chi connectivity index (χ2v) is 4.65. The second kappa shape index (κ2) is 9.64. The van der Waals surface area contributed by atoms with Crippen molar-refractivity contribution in [3.63, 3.8) is 0 Å². The normalized spacial score (nSPS) is 11.8. The van der Waals surface area contributed by atoms with E-state index in [-0.39, 0.29) is 0 Å². The molecular weight excluding hydrogens is 220 g/mol. The summed E-state index contributed by atoms with van der Waals surface area (Å²) in [6, 6.07) is 5.80. The van der Waals surface area contributed by atoms with Crippen LogP contribution in [0, 0.1) is 12.8 Å². The SMILES string of the molecule is CCC.CCC(C)/C=C\c1c(C)cccc1C=O. The van der Waals surface area contributed by atoms with Gasteiger partial charge in [-0.15, -0.1) is 0 Å². The van der Waals surface area contributed by atoms with E-state index in [1.807, 2.05) is 25.1 Å². The molecule has 0 amide bonds. The predicted octanol–water partition coefficient (Wildman–Crippen LogP) is 5.28. The van der Waals surface area contributed by atoms with Gasteiger partial charge in [0.1, 0.15) is 0 Å². The van der Waals surface area contributed by atoms with Gasteiger partial charge in [0.25, 0.3) is 0 Å². The Labute approximate surface area is 112 Å². The molecular formula is C17H26O. The Kier molecular flexibility index (Phi) is 8.91. The molecule has 1 aromatic carbocycles. The van der Waals surface area contributed by atoms with Crippen LogP contribution in [0.25, 0.3) is 6.08 Å². The van der Waals surface area contributed by atoms with Gasteiger partial charge < -0.3 is 0 Å². The molecule has 18 heavy (non-hydrogen) atoms. The van der Waals surface area contributed by atoms with Crippen molar-refractivity contribution in [1.82, 2.24) is 0 Å². The van der Waals surface area contributed by atoms with Crippen LogP contribution in [-0.2, 0) is 0 Å². The Morgan fingerprint density at radius 1 is 1.22 bits per heavy atom. The van der Waals surface area contributed by atoms with Crippen molar-refractivity contribution in [3.8, 4) is 0 Å². The predicted molar refractivity (Wildman–Crippen MR) is 81.0 cm³/mol. The molecule has 0 aliphatic rings. The summed E-state index contributed by atoms with van der Waals surface area (Å²) in [6.45, 7) is 10.6. The second-order valence-electron chi connectivity index (χ2n) is 4.65. The first-order valence-electron chi connectivity index (χ1n) is 6.83. The quantitative estimate of drug-likeness (QED) is 0.660. The van der Waals surface area contributed by atoms with E-state index in [2.05, 4.69) is 39.8 Å². The average molecular weight is 246 g/mol. The van der Waals surface area contributed by atoms with Gasteiger partial charge in [0.2, 0.25) is 0 Å². The minimum Gasteiger partial charge on any atom is -0.298 e. The lowest BCUT2D eigenvalue weighted by molar-refractivity contribution is 0.112. The van der Waals surface area contributed by atoms with E-state index in [4.69, 9.17) is 0 Å². The number of carbonyl (C=O) groups excluding carboxylic acids is 1. The zero-order valence-electron chi connectivity index (χ0n) is 12.4. The maximum Gasteiger partial charge on any atom is 0.150 e. The van der Waals surface area contributed by atoms with Crippen molar-refractivity contribution < 1.29 is 4.79 Å². The number of allylic oxidation sites excluding steroid dienone is 1. The highest BCUT2D eigenvalue weighted by molar-refractivity contribution is 5.82. The molecule has 0 aliphatic carbocycles. The van der Waals surface area contributed by atoms with Gasteiger partial charge >= 0.3 is 0 Å². The minimum atomic E-state index is 0.559. The lowest BCUT2D eigenvalue weighted by atomic mass is 10.00. The first-order chi connectivity index (χ1) is 8.60. The van der Waals surface area contributed by atoms with Gasteiger partial charge in [-0.05, 0) is 24.0 Å². The van der Waals surface area contributed by atoms with E-state index >= 15 is 0 Å². The summed E-state index contributed by atoms with van der Waals surface area (Å²) < 4.78 is 0. The summed E-state index contributed by atoms with van der Waals surface area (Å²) in [4.78, 5) is 10.9. The summed E-state index contributed by atoms with van der Waals surface area (Å²) in [7, 11) is 0. The van der Waals surface area contributed by atoms with Crippen LogP contribution in [0.4, 0.5) is 0 Å². The standard InChI is InChI=1S/C14H18O.C3H8/c1-4-11(2)8-9-14-12(3)6-5-7-13(14)10-15;1-3-2/h5-11H,4H2,1-3H3;3H2,1-2H3/b9-8-;. The van der Waals surface area contributed by atoms with Crippen LogP contribution in [0.3, 0.4) is 0 Å². The molecule has 0 spiro atoms. The Bertz CT molecular complexity index is 377. The van der Waals surface area contributed by atoms with Crippen molar-refractivity contribution in [1.29, 1.82) is 0 Å². The number of rotatable bonds is 4. The molecule has 0 heterocycles. The third-order valence-electron chi connectivity index (χ3n) is 2.72. The van der Waals surface area contributed by atoms with E-state index in [9.17, 15) is 4.79 Å². The van der Waals surface area contributed by atoms with Crippen molar-refractivity contribution in [2.24, 2.45) is 5.92 Å². The molecule has 0 bridgehead atoms. The number of aryl methyl sites for hydroxylation is 1. The Hall–Kier alpha value is -1.37. The molecule has 0 radical (unpaired) electrons. The van der Waals surface area contributed by atoms with Gasteiger partial charge in [-0.2, -0.15) is 0 Å². The molecule has 1 unspecified atom stereocenters. The first kappa shape index (κ1) is 16.6. The molecule has 0 N–H and O–H groups in total. The van der Waals surface area contributed by atoms with E-state index in [1.165, 1.54) is 6.42 Å². The summed E-state index contributed by atoms with van der Waals surface area (Å²) in [5, 5.41) is 0. The number of hydrogen-bond acceptors (Lipinski definition) is 1. The number of benzene rings is 1. The van der Waals surface area contributed by atoms with E-state index in [1.54, 1.807) is 0 Å².